The second-order valence-electron chi connectivity index (χ2n) is 8.19. The number of amides is 1. The van der Waals surface area contributed by atoms with Gasteiger partial charge in [0.05, 0.1) is 30.4 Å². The van der Waals surface area contributed by atoms with Crippen molar-refractivity contribution in [2.24, 2.45) is 5.92 Å². The fraction of sp³-hybridized carbons (Fsp3) is 0.375. The fourth-order valence-corrected chi connectivity index (χ4v) is 4.33. The third-order valence-electron chi connectivity index (χ3n) is 6.06. The van der Waals surface area contributed by atoms with Crippen LogP contribution in [0.2, 0.25) is 0 Å². The minimum absolute atomic E-state index is 0.106. The first kappa shape index (κ1) is 21.5. The molecule has 0 saturated heterocycles. The number of aromatic nitrogens is 4. The van der Waals surface area contributed by atoms with Gasteiger partial charge in [0, 0.05) is 36.3 Å². The van der Waals surface area contributed by atoms with Crippen LogP contribution in [0.15, 0.2) is 42.9 Å². The Morgan fingerprint density at radius 2 is 2.00 bits per heavy atom. The second-order valence-corrected chi connectivity index (χ2v) is 8.19. The Hall–Kier alpha value is -3.73. The molecule has 1 aromatic carbocycles. The zero-order valence-corrected chi connectivity index (χ0v) is 18.4. The number of nitrogens with zero attached hydrogens (tertiary/aromatic N) is 5. The molecule has 3 aromatic rings. The van der Waals surface area contributed by atoms with Crippen LogP contribution in [0.3, 0.4) is 0 Å². The number of carbonyl (C=O) groups is 1. The highest BCUT2D eigenvalue weighted by molar-refractivity contribution is 5.94. The van der Waals surface area contributed by atoms with Gasteiger partial charge in [0.1, 0.15) is 0 Å². The number of nitriles is 1. The molecule has 1 amide bonds. The van der Waals surface area contributed by atoms with E-state index in [9.17, 15) is 10.1 Å². The lowest BCUT2D eigenvalue weighted by Gasteiger charge is -2.21. The van der Waals surface area contributed by atoms with Gasteiger partial charge in [-0.1, -0.05) is 12.8 Å². The predicted molar refractivity (Wildman–Crippen MR) is 122 cm³/mol. The van der Waals surface area contributed by atoms with Gasteiger partial charge >= 0.3 is 0 Å². The van der Waals surface area contributed by atoms with Gasteiger partial charge in [0.15, 0.2) is 0 Å². The summed E-state index contributed by atoms with van der Waals surface area (Å²) in [6, 6.07) is 9.57. The SMILES string of the molecule is CNC(=O)c1ccc(Nc2ncc(C)c(-c3cnn(C(CC#N)C4CCCC4)c3)n2)cc1. The Morgan fingerprint density at radius 3 is 2.69 bits per heavy atom. The maximum Gasteiger partial charge on any atom is 0.251 e. The van der Waals surface area contributed by atoms with Crippen LogP contribution in [-0.2, 0) is 0 Å². The first-order chi connectivity index (χ1) is 15.6. The average Bonchev–Trinajstić information content (AvgIpc) is 3.51. The predicted octanol–water partition coefficient (Wildman–Crippen LogP) is 4.40. The summed E-state index contributed by atoms with van der Waals surface area (Å²) in [6.07, 6.45) is 10.8. The zero-order valence-electron chi connectivity index (χ0n) is 18.4. The van der Waals surface area contributed by atoms with E-state index in [1.165, 1.54) is 12.8 Å². The molecule has 32 heavy (non-hydrogen) atoms. The fourth-order valence-electron chi connectivity index (χ4n) is 4.33. The number of benzene rings is 1. The summed E-state index contributed by atoms with van der Waals surface area (Å²) in [6.45, 7) is 1.97. The van der Waals surface area contributed by atoms with E-state index in [1.54, 1.807) is 25.4 Å². The smallest absolute Gasteiger partial charge is 0.251 e. The van der Waals surface area contributed by atoms with Gasteiger partial charge in [-0.15, -0.1) is 0 Å². The lowest BCUT2D eigenvalue weighted by atomic mass is 9.96. The van der Waals surface area contributed by atoms with Crippen molar-refractivity contribution in [2.45, 2.75) is 45.1 Å². The van der Waals surface area contributed by atoms with Crippen molar-refractivity contribution in [1.82, 2.24) is 25.1 Å². The van der Waals surface area contributed by atoms with E-state index in [2.05, 4.69) is 26.8 Å². The van der Waals surface area contributed by atoms with E-state index >= 15 is 0 Å². The molecule has 2 aromatic heterocycles. The Labute approximate surface area is 187 Å². The number of carbonyl (C=O) groups excluding carboxylic acids is 1. The lowest BCUT2D eigenvalue weighted by Crippen LogP contribution is -2.17. The van der Waals surface area contributed by atoms with Crippen molar-refractivity contribution in [3.8, 4) is 17.3 Å². The normalized spacial score (nSPS) is 14.7. The van der Waals surface area contributed by atoms with Crippen LogP contribution in [0.5, 0.6) is 0 Å². The molecule has 1 atom stereocenters. The van der Waals surface area contributed by atoms with Gasteiger partial charge in [0.25, 0.3) is 5.91 Å². The number of hydrogen-bond acceptors (Lipinski definition) is 6. The molecule has 8 nitrogen and oxygen atoms in total. The van der Waals surface area contributed by atoms with Gasteiger partial charge in [0.2, 0.25) is 5.95 Å². The number of rotatable bonds is 7. The summed E-state index contributed by atoms with van der Waals surface area (Å²) in [5.41, 5.74) is 4.04. The molecule has 164 valence electrons. The van der Waals surface area contributed by atoms with Gasteiger partial charge in [-0.3, -0.25) is 9.48 Å². The van der Waals surface area contributed by atoms with Gasteiger partial charge < -0.3 is 10.6 Å². The number of hydrogen-bond donors (Lipinski definition) is 2. The molecule has 0 bridgehead atoms. The van der Waals surface area contributed by atoms with Crippen molar-refractivity contribution in [1.29, 1.82) is 5.26 Å². The summed E-state index contributed by atoms with van der Waals surface area (Å²) in [7, 11) is 1.61. The topological polar surface area (TPSA) is 109 Å². The van der Waals surface area contributed by atoms with Crippen LogP contribution in [0, 0.1) is 24.2 Å². The molecule has 1 saturated carbocycles. The Kier molecular flexibility index (Phi) is 6.45. The van der Waals surface area contributed by atoms with E-state index in [4.69, 9.17) is 4.98 Å². The summed E-state index contributed by atoms with van der Waals surface area (Å²) >= 11 is 0. The minimum Gasteiger partial charge on any atom is -0.355 e. The molecule has 0 radical (unpaired) electrons. The van der Waals surface area contributed by atoms with Crippen LogP contribution in [0.1, 0.15) is 54.1 Å². The van der Waals surface area contributed by atoms with Crippen LogP contribution in [-0.4, -0.2) is 32.7 Å². The number of aryl methyl sites for hydroxylation is 1. The summed E-state index contributed by atoms with van der Waals surface area (Å²) < 4.78 is 1.95. The monoisotopic (exact) mass is 429 g/mol. The molecule has 8 heteroatoms. The van der Waals surface area contributed by atoms with Crippen molar-refractivity contribution in [2.75, 3.05) is 12.4 Å². The third kappa shape index (κ3) is 4.62. The molecule has 0 spiro atoms. The van der Waals surface area contributed by atoms with E-state index in [1.807, 2.05) is 36.1 Å². The van der Waals surface area contributed by atoms with Crippen molar-refractivity contribution >= 4 is 17.5 Å². The molecule has 0 aliphatic heterocycles. The van der Waals surface area contributed by atoms with E-state index in [0.29, 0.717) is 23.9 Å². The van der Waals surface area contributed by atoms with Gasteiger partial charge in [-0.05, 0) is 55.5 Å². The molecule has 1 aliphatic carbocycles. The van der Waals surface area contributed by atoms with Gasteiger partial charge in [-0.2, -0.15) is 10.4 Å². The summed E-state index contributed by atoms with van der Waals surface area (Å²) in [5.74, 6) is 0.842. The van der Waals surface area contributed by atoms with Gasteiger partial charge in [-0.25, -0.2) is 9.97 Å². The molecular formula is C24H27N7O. The minimum atomic E-state index is -0.130. The largest absolute Gasteiger partial charge is 0.355 e. The molecule has 2 N–H and O–H groups in total. The standard InChI is InChI=1S/C24H27N7O/c1-16-13-27-24(29-20-9-7-18(8-10-20)23(32)26-2)30-22(16)19-14-28-31(15-19)21(11-12-25)17-5-3-4-6-17/h7-10,13-15,17,21H,3-6,11H2,1-2H3,(H,26,32)(H,27,29,30). The van der Waals surface area contributed by atoms with E-state index in [0.717, 1.165) is 35.3 Å². The number of nitrogens with one attached hydrogen (secondary N) is 2. The van der Waals surface area contributed by atoms with Crippen molar-refractivity contribution in [3.63, 3.8) is 0 Å². The highest BCUT2D eigenvalue weighted by Gasteiger charge is 2.27. The first-order valence-corrected chi connectivity index (χ1v) is 10.9. The molecule has 1 aliphatic rings. The lowest BCUT2D eigenvalue weighted by molar-refractivity contribution is 0.0963. The number of anilines is 2. The summed E-state index contributed by atoms with van der Waals surface area (Å²) in [4.78, 5) is 20.8. The zero-order chi connectivity index (χ0) is 22.5. The first-order valence-electron chi connectivity index (χ1n) is 10.9. The Balaban J connectivity index is 1.55. The highest BCUT2D eigenvalue weighted by Crippen LogP contribution is 2.36. The molecule has 4 rings (SSSR count). The van der Waals surface area contributed by atoms with Crippen molar-refractivity contribution < 1.29 is 4.79 Å². The highest BCUT2D eigenvalue weighted by atomic mass is 16.1. The third-order valence-corrected chi connectivity index (χ3v) is 6.06. The molecule has 2 heterocycles. The molecule has 1 fully saturated rings. The molecule has 1 unspecified atom stereocenters. The summed E-state index contributed by atoms with van der Waals surface area (Å²) in [5, 5.41) is 19.7. The second kappa shape index (κ2) is 9.60. The maximum atomic E-state index is 11.7. The van der Waals surface area contributed by atoms with Crippen LogP contribution in [0.25, 0.3) is 11.3 Å². The van der Waals surface area contributed by atoms with E-state index < -0.39 is 0 Å². The molecular weight excluding hydrogens is 402 g/mol. The quantitative estimate of drug-likeness (QED) is 0.576. The van der Waals surface area contributed by atoms with Crippen LogP contribution in [0.4, 0.5) is 11.6 Å². The average molecular weight is 430 g/mol. The van der Waals surface area contributed by atoms with Crippen LogP contribution < -0.4 is 10.6 Å². The van der Waals surface area contributed by atoms with Crippen molar-refractivity contribution in [3.05, 3.63) is 54.0 Å². The van der Waals surface area contributed by atoms with Crippen LogP contribution >= 0.6 is 0 Å². The van der Waals surface area contributed by atoms with E-state index in [-0.39, 0.29) is 11.9 Å². The maximum absolute atomic E-state index is 11.7. The Bertz CT molecular complexity index is 1120. The Morgan fingerprint density at radius 1 is 1.25 bits per heavy atom.